The van der Waals surface area contributed by atoms with Gasteiger partial charge in [-0.1, -0.05) is 59.6 Å². The average molecular weight is 317 g/mol. The third-order valence-electron chi connectivity index (χ3n) is 3.37. The van der Waals surface area contributed by atoms with Crippen molar-refractivity contribution in [1.29, 1.82) is 0 Å². The second-order valence-corrected chi connectivity index (χ2v) is 5.48. The molecule has 0 saturated heterocycles. The molecule has 0 aliphatic rings. The Morgan fingerprint density at radius 2 is 1.52 bits per heavy atom. The van der Waals surface area contributed by atoms with Crippen LogP contribution in [-0.2, 0) is 0 Å². The van der Waals surface area contributed by atoms with Gasteiger partial charge in [0.1, 0.15) is 0 Å². The van der Waals surface area contributed by atoms with Crippen LogP contribution in [0.2, 0.25) is 10.0 Å². The molecule has 0 unspecified atom stereocenters. The quantitative estimate of drug-likeness (QED) is 0.676. The molecule has 0 bridgehead atoms. The molecule has 0 saturated carbocycles. The van der Waals surface area contributed by atoms with Gasteiger partial charge in [0.25, 0.3) is 0 Å². The van der Waals surface area contributed by atoms with Crippen molar-refractivity contribution in [2.75, 3.05) is 0 Å². The third-order valence-corrected chi connectivity index (χ3v) is 3.94. The first-order valence-electron chi connectivity index (χ1n) is 6.28. The van der Waals surface area contributed by atoms with Gasteiger partial charge in [-0.15, -0.1) is 0 Å². The van der Waals surface area contributed by atoms with Crippen LogP contribution in [0.1, 0.15) is 10.4 Å². The molecule has 0 heterocycles. The van der Waals surface area contributed by atoms with Gasteiger partial charge in [0.2, 0.25) is 0 Å². The summed E-state index contributed by atoms with van der Waals surface area (Å²) in [4.78, 5) is 11.5. The zero-order valence-corrected chi connectivity index (χ0v) is 12.3. The summed E-state index contributed by atoms with van der Waals surface area (Å²) in [5.41, 5.74) is 1.62. The SMILES string of the molecule is O=C(O)c1cc(Cl)ccc1-c1ccc(Cl)c2ccccc12. The lowest BCUT2D eigenvalue weighted by Gasteiger charge is -2.11. The second kappa shape index (κ2) is 5.40. The highest BCUT2D eigenvalue weighted by molar-refractivity contribution is 6.36. The van der Waals surface area contributed by atoms with E-state index in [4.69, 9.17) is 23.2 Å². The van der Waals surface area contributed by atoms with Gasteiger partial charge in [-0.3, -0.25) is 0 Å². The lowest BCUT2D eigenvalue weighted by atomic mass is 9.94. The normalized spacial score (nSPS) is 10.8. The van der Waals surface area contributed by atoms with E-state index in [1.54, 1.807) is 18.2 Å². The largest absolute Gasteiger partial charge is 0.478 e. The van der Waals surface area contributed by atoms with Crippen LogP contribution < -0.4 is 0 Å². The zero-order chi connectivity index (χ0) is 15.0. The zero-order valence-electron chi connectivity index (χ0n) is 10.8. The van der Waals surface area contributed by atoms with Crippen LogP contribution in [0.3, 0.4) is 0 Å². The van der Waals surface area contributed by atoms with Gasteiger partial charge in [-0.25, -0.2) is 4.79 Å². The number of rotatable bonds is 2. The molecule has 3 aromatic carbocycles. The predicted octanol–water partition coefficient (Wildman–Crippen LogP) is 5.51. The van der Waals surface area contributed by atoms with E-state index in [1.165, 1.54) is 6.07 Å². The van der Waals surface area contributed by atoms with E-state index in [1.807, 2.05) is 30.3 Å². The maximum atomic E-state index is 11.5. The average Bonchev–Trinajstić information content (AvgIpc) is 2.48. The topological polar surface area (TPSA) is 37.3 Å². The molecular weight excluding hydrogens is 307 g/mol. The summed E-state index contributed by atoms with van der Waals surface area (Å²) in [7, 11) is 0. The van der Waals surface area contributed by atoms with E-state index >= 15 is 0 Å². The van der Waals surface area contributed by atoms with Crippen molar-refractivity contribution in [2.45, 2.75) is 0 Å². The molecule has 1 N–H and O–H groups in total. The summed E-state index contributed by atoms with van der Waals surface area (Å²) >= 11 is 12.1. The van der Waals surface area contributed by atoms with Crippen molar-refractivity contribution in [3.05, 3.63) is 70.2 Å². The fourth-order valence-electron chi connectivity index (χ4n) is 2.43. The highest BCUT2D eigenvalue weighted by Gasteiger charge is 2.15. The van der Waals surface area contributed by atoms with Gasteiger partial charge < -0.3 is 5.11 Å². The maximum absolute atomic E-state index is 11.5. The molecule has 0 aromatic heterocycles. The Balaban J connectivity index is 2.36. The van der Waals surface area contributed by atoms with Crippen LogP contribution in [0.25, 0.3) is 21.9 Å². The predicted molar refractivity (Wildman–Crippen MR) is 86.4 cm³/mol. The van der Waals surface area contributed by atoms with Gasteiger partial charge >= 0.3 is 5.97 Å². The first-order chi connectivity index (χ1) is 10.1. The van der Waals surface area contributed by atoms with E-state index in [-0.39, 0.29) is 5.56 Å². The molecule has 0 radical (unpaired) electrons. The van der Waals surface area contributed by atoms with Gasteiger partial charge in [0, 0.05) is 15.4 Å². The minimum Gasteiger partial charge on any atom is -0.478 e. The van der Waals surface area contributed by atoms with E-state index in [2.05, 4.69) is 0 Å². The minimum atomic E-state index is -1.01. The van der Waals surface area contributed by atoms with Crippen LogP contribution in [0.5, 0.6) is 0 Å². The van der Waals surface area contributed by atoms with Crippen molar-refractivity contribution in [2.24, 2.45) is 0 Å². The molecule has 0 amide bonds. The Bertz CT molecular complexity index is 857. The molecule has 0 atom stereocenters. The van der Waals surface area contributed by atoms with Crippen LogP contribution in [0.15, 0.2) is 54.6 Å². The van der Waals surface area contributed by atoms with Gasteiger partial charge in [-0.05, 0) is 34.7 Å². The summed E-state index contributed by atoms with van der Waals surface area (Å²) in [6.07, 6.45) is 0. The molecule has 0 aliphatic carbocycles. The summed E-state index contributed by atoms with van der Waals surface area (Å²) in [6, 6.07) is 16.1. The van der Waals surface area contributed by atoms with E-state index in [9.17, 15) is 9.90 Å². The van der Waals surface area contributed by atoms with Crippen molar-refractivity contribution in [3.63, 3.8) is 0 Å². The summed E-state index contributed by atoms with van der Waals surface area (Å²) in [5, 5.41) is 12.2. The van der Waals surface area contributed by atoms with E-state index < -0.39 is 5.97 Å². The summed E-state index contributed by atoms with van der Waals surface area (Å²) in [6.45, 7) is 0. The number of halogens is 2. The highest BCUT2D eigenvalue weighted by atomic mass is 35.5. The minimum absolute atomic E-state index is 0.176. The van der Waals surface area contributed by atoms with Gasteiger partial charge in [0.05, 0.1) is 5.56 Å². The Labute approximate surface area is 131 Å². The van der Waals surface area contributed by atoms with Crippen molar-refractivity contribution < 1.29 is 9.90 Å². The molecule has 4 heteroatoms. The number of carboxylic acids is 1. The summed E-state index contributed by atoms with van der Waals surface area (Å²) in [5.74, 6) is -1.01. The molecular formula is C17H10Cl2O2. The number of aromatic carboxylic acids is 1. The lowest BCUT2D eigenvalue weighted by molar-refractivity contribution is 0.0698. The molecule has 3 aromatic rings. The number of benzene rings is 3. The number of hydrogen-bond donors (Lipinski definition) is 1. The van der Waals surface area contributed by atoms with Crippen molar-refractivity contribution >= 4 is 39.9 Å². The first-order valence-corrected chi connectivity index (χ1v) is 7.04. The Morgan fingerprint density at radius 3 is 2.24 bits per heavy atom. The second-order valence-electron chi connectivity index (χ2n) is 4.64. The molecule has 0 spiro atoms. The van der Waals surface area contributed by atoms with Crippen LogP contribution in [0.4, 0.5) is 0 Å². The molecule has 104 valence electrons. The lowest BCUT2D eigenvalue weighted by Crippen LogP contribution is -1.99. The highest BCUT2D eigenvalue weighted by Crippen LogP contribution is 2.35. The van der Waals surface area contributed by atoms with Crippen molar-refractivity contribution in [1.82, 2.24) is 0 Å². The Hall–Kier alpha value is -2.03. The molecule has 2 nitrogen and oxygen atoms in total. The molecule has 0 aliphatic heterocycles. The van der Waals surface area contributed by atoms with E-state index in [0.29, 0.717) is 15.6 Å². The van der Waals surface area contributed by atoms with Crippen LogP contribution in [-0.4, -0.2) is 11.1 Å². The first kappa shape index (κ1) is 13.9. The Kier molecular flexibility index (Phi) is 3.58. The standard InChI is InChI=1S/C17H10Cl2O2/c18-10-5-6-13(15(9-10)17(20)21)12-7-8-16(19)14-4-2-1-3-11(12)14/h1-9H,(H,20,21). The Morgan fingerprint density at radius 1 is 0.857 bits per heavy atom. The molecule has 3 rings (SSSR count). The van der Waals surface area contributed by atoms with Gasteiger partial charge in [0.15, 0.2) is 0 Å². The molecule has 21 heavy (non-hydrogen) atoms. The fraction of sp³-hybridized carbons (Fsp3) is 0. The number of carboxylic acid groups (broad SMARTS) is 1. The molecule has 0 fully saturated rings. The summed E-state index contributed by atoms with van der Waals surface area (Å²) < 4.78 is 0. The smallest absolute Gasteiger partial charge is 0.336 e. The maximum Gasteiger partial charge on any atom is 0.336 e. The van der Waals surface area contributed by atoms with E-state index in [0.717, 1.165) is 16.3 Å². The fourth-order valence-corrected chi connectivity index (χ4v) is 2.83. The monoisotopic (exact) mass is 316 g/mol. The van der Waals surface area contributed by atoms with Gasteiger partial charge in [-0.2, -0.15) is 0 Å². The van der Waals surface area contributed by atoms with Crippen LogP contribution in [0, 0.1) is 0 Å². The number of hydrogen-bond acceptors (Lipinski definition) is 1. The number of fused-ring (bicyclic) bond motifs is 1. The van der Waals surface area contributed by atoms with Crippen molar-refractivity contribution in [3.8, 4) is 11.1 Å². The number of carbonyl (C=O) groups is 1. The third kappa shape index (κ3) is 2.48. The van der Waals surface area contributed by atoms with Crippen LogP contribution >= 0.6 is 23.2 Å².